The molecule has 2 aliphatic heterocycles. The van der Waals surface area contributed by atoms with Crippen LogP contribution in [0.25, 0.3) is 11.0 Å². The fraction of sp³-hybridized carbons (Fsp3) is 0.677. The lowest BCUT2D eigenvalue weighted by atomic mass is 9.76. The van der Waals surface area contributed by atoms with Crippen LogP contribution < -0.4 is 5.56 Å². The van der Waals surface area contributed by atoms with Crippen LogP contribution in [0.4, 0.5) is 0 Å². The summed E-state index contributed by atoms with van der Waals surface area (Å²) in [5, 5.41) is 0. The third kappa shape index (κ3) is 4.94. The average molecular weight is 520 g/mol. The number of fused-ring (bicyclic) bond motifs is 5. The molecule has 7 nitrogen and oxygen atoms in total. The molecule has 0 spiro atoms. The Morgan fingerprint density at radius 1 is 0.868 bits per heavy atom. The maximum atomic E-state index is 13.8. The van der Waals surface area contributed by atoms with Crippen LogP contribution in [0.1, 0.15) is 107 Å². The molecule has 38 heavy (non-hydrogen) atoms. The van der Waals surface area contributed by atoms with Gasteiger partial charge in [-0.25, -0.2) is 4.98 Å². The van der Waals surface area contributed by atoms with Crippen molar-refractivity contribution >= 4 is 22.8 Å². The van der Waals surface area contributed by atoms with Crippen LogP contribution in [-0.2, 0) is 9.53 Å². The van der Waals surface area contributed by atoms with E-state index in [9.17, 15) is 14.4 Å². The predicted octanol–water partition coefficient (Wildman–Crippen LogP) is 5.45. The van der Waals surface area contributed by atoms with Crippen molar-refractivity contribution in [3.05, 3.63) is 40.3 Å². The summed E-state index contributed by atoms with van der Waals surface area (Å²) in [5.74, 6) is 0.989. The van der Waals surface area contributed by atoms with E-state index in [2.05, 4.69) is 9.88 Å². The third-order valence-electron chi connectivity index (χ3n) is 9.82. The Hall–Kier alpha value is -2.54. The molecule has 2 saturated heterocycles. The number of esters is 1. The van der Waals surface area contributed by atoms with Crippen molar-refractivity contribution in [2.45, 2.75) is 115 Å². The van der Waals surface area contributed by atoms with Crippen LogP contribution in [-0.4, -0.2) is 50.9 Å². The van der Waals surface area contributed by atoms with Crippen LogP contribution in [0.3, 0.4) is 0 Å². The van der Waals surface area contributed by atoms with Gasteiger partial charge in [0.15, 0.2) is 11.5 Å². The van der Waals surface area contributed by atoms with Crippen molar-refractivity contribution < 1.29 is 14.3 Å². The van der Waals surface area contributed by atoms with E-state index in [-0.39, 0.29) is 42.5 Å². The Balaban J connectivity index is 1.26. The molecule has 4 atom stereocenters. The molecule has 7 heteroatoms. The molecule has 0 radical (unpaired) electrons. The highest BCUT2D eigenvalue weighted by Crippen LogP contribution is 2.47. The smallest absolute Gasteiger partial charge is 0.306 e. The van der Waals surface area contributed by atoms with Crippen LogP contribution >= 0.6 is 0 Å². The average Bonchev–Trinajstić information content (AvgIpc) is 3.06. The summed E-state index contributed by atoms with van der Waals surface area (Å²) in [7, 11) is 0. The first-order chi connectivity index (χ1) is 18.5. The van der Waals surface area contributed by atoms with Gasteiger partial charge < -0.3 is 9.30 Å². The van der Waals surface area contributed by atoms with Gasteiger partial charge in [-0.2, -0.15) is 0 Å². The zero-order valence-electron chi connectivity index (χ0n) is 22.6. The Kier molecular flexibility index (Phi) is 7.39. The minimum absolute atomic E-state index is 0.0352. The van der Waals surface area contributed by atoms with E-state index >= 15 is 0 Å². The molecular weight excluding hydrogens is 478 g/mol. The number of rotatable bonds is 7. The van der Waals surface area contributed by atoms with Crippen molar-refractivity contribution in [1.82, 2.24) is 14.5 Å². The normalized spacial score (nSPS) is 31.2. The molecule has 1 aromatic carbocycles. The number of ether oxygens (including phenoxy) is 1. The summed E-state index contributed by atoms with van der Waals surface area (Å²) in [4.78, 5) is 46.1. The van der Waals surface area contributed by atoms with E-state index < -0.39 is 5.97 Å². The molecule has 4 aliphatic rings. The van der Waals surface area contributed by atoms with Gasteiger partial charge in [0.2, 0.25) is 0 Å². The number of benzene rings is 1. The number of hydrogen-bond acceptors (Lipinski definition) is 6. The highest BCUT2D eigenvalue weighted by molar-refractivity contribution is 5.97. The van der Waals surface area contributed by atoms with Gasteiger partial charge in [-0.05, 0) is 75.8 Å². The molecule has 4 bridgehead atoms. The number of piperidine rings is 1. The fourth-order valence-electron chi connectivity index (χ4n) is 8.37. The van der Waals surface area contributed by atoms with Crippen LogP contribution in [0.15, 0.2) is 29.1 Å². The molecule has 0 amide bonds. The molecule has 2 saturated carbocycles. The van der Waals surface area contributed by atoms with Gasteiger partial charge >= 0.3 is 5.97 Å². The number of Topliss-reactive ketones (excluding diaryl/α,β-unsaturated/α-hetero) is 1. The lowest BCUT2D eigenvalue weighted by molar-refractivity contribution is -0.143. The Morgan fingerprint density at radius 2 is 1.55 bits per heavy atom. The summed E-state index contributed by atoms with van der Waals surface area (Å²) in [6.45, 7) is 2.01. The Labute approximate surface area is 224 Å². The molecule has 0 unspecified atom stereocenters. The monoisotopic (exact) mass is 519 g/mol. The zero-order valence-corrected chi connectivity index (χ0v) is 22.6. The fourth-order valence-corrected chi connectivity index (χ4v) is 8.37. The highest BCUT2D eigenvalue weighted by Gasteiger charge is 2.47. The first kappa shape index (κ1) is 25.7. The van der Waals surface area contributed by atoms with Gasteiger partial charge in [-0.3, -0.25) is 19.3 Å². The highest BCUT2D eigenvalue weighted by atomic mass is 16.5. The van der Waals surface area contributed by atoms with E-state index in [0.717, 1.165) is 30.2 Å². The molecule has 4 fully saturated rings. The lowest BCUT2D eigenvalue weighted by Gasteiger charge is -2.48. The minimum atomic E-state index is -0.423. The molecule has 3 heterocycles. The quantitative estimate of drug-likeness (QED) is 0.357. The van der Waals surface area contributed by atoms with Crippen LogP contribution in [0.2, 0.25) is 0 Å². The van der Waals surface area contributed by atoms with E-state index in [1.165, 1.54) is 57.8 Å². The minimum Gasteiger partial charge on any atom is -0.466 e. The van der Waals surface area contributed by atoms with Crippen molar-refractivity contribution in [1.29, 1.82) is 0 Å². The van der Waals surface area contributed by atoms with Gasteiger partial charge in [-0.15, -0.1) is 0 Å². The number of para-hydroxylation sites is 2. The second kappa shape index (κ2) is 10.9. The predicted molar refractivity (Wildman–Crippen MR) is 146 cm³/mol. The van der Waals surface area contributed by atoms with Crippen LogP contribution in [0.5, 0.6) is 0 Å². The summed E-state index contributed by atoms with van der Waals surface area (Å²) >= 11 is 0. The van der Waals surface area contributed by atoms with Gasteiger partial charge in [0, 0.05) is 30.6 Å². The van der Waals surface area contributed by atoms with Gasteiger partial charge in [0.1, 0.15) is 0 Å². The summed E-state index contributed by atoms with van der Waals surface area (Å²) in [5.41, 5.74) is 1.12. The lowest BCUT2D eigenvalue weighted by Crippen LogP contribution is -2.52. The number of aromatic nitrogens is 2. The van der Waals surface area contributed by atoms with E-state index in [4.69, 9.17) is 4.74 Å². The molecule has 0 N–H and O–H groups in total. The topological polar surface area (TPSA) is 81.5 Å². The molecule has 6 rings (SSSR count). The number of ketones is 1. The summed E-state index contributed by atoms with van der Waals surface area (Å²) < 4.78 is 6.85. The van der Waals surface area contributed by atoms with Crippen molar-refractivity contribution in [2.75, 3.05) is 6.61 Å². The van der Waals surface area contributed by atoms with E-state index in [0.29, 0.717) is 23.6 Å². The first-order valence-electron chi connectivity index (χ1n) is 15.0. The molecule has 1 aromatic heterocycles. The standard InChI is InChI=1S/C31H41N3O4/c1-2-38-29(36)14-13-28(35)30-31(37)34(27-10-6-5-9-26(27)32-30)25-18-22-11-12-23(19-25)33(22)24-16-20-7-3-4-8-21(15-20)17-24/h5-6,9-10,20-25H,2-4,7-8,11-19H2,1H3/t20-,21-,22-,23-/m1/s1. The Morgan fingerprint density at radius 3 is 2.24 bits per heavy atom. The van der Waals surface area contributed by atoms with E-state index in [1.807, 2.05) is 28.8 Å². The maximum absolute atomic E-state index is 13.8. The molecule has 2 aromatic rings. The van der Waals surface area contributed by atoms with Gasteiger partial charge in [0.05, 0.1) is 24.1 Å². The second-order valence-electron chi connectivity index (χ2n) is 12.2. The zero-order chi connectivity index (χ0) is 26.2. The number of hydrogen-bond donors (Lipinski definition) is 0. The van der Waals surface area contributed by atoms with Gasteiger partial charge in [-0.1, -0.05) is 37.8 Å². The molecular formula is C31H41N3O4. The number of nitrogens with zero attached hydrogens (tertiary/aromatic N) is 3. The van der Waals surface area contributed by atoms with Crippen LogP contribution in [0, 0.1) is 11.8 Å². The van der Waals surface area contributed by atoms with Crippen molar-refractivity contribution in [2.24, 2.45) is 11.8 Å². The number of carbonyl (C=O) groups excluding carboxylic acids is 2. The number of carbonyl (C=O) groups is 2. The van der Waals surface area contributed by atoms with E-state index in [1.54, 1.807) is 6.92 Å². The third-order valence-corrected chi connectivity index (χ3v) is 9.82. The summed E-state index contributed by atoms with van der Waals surface area (Å²) in [6, 6.07) is 9.43. The molecule has 2 aliphatic carbocycles. The largest absolute Gasteiger partial charge is 0.466 e. The second-order valence-corrected chi connectivity index (χ2v) is 12.2. The molecule has 204 valence electrons. The first-order valence-corrected chi connectivity index (χ1v) is 15.0. The Bertz CT molecular complexity index is 1230. The SMILES string of the molecule is CCOC(=O)CCC(=O)c1nc2ccccc2n(C2C[C@H]3CC[C@H](C2)N3C2C[C@@H]3CCCC[C@@H](C2)C3)c1=O. The van der Waals surface area contributed by atoms with Crippen molar-refractivity contribution in [3.63, 3.8) is 0 Å². The van der Waals surface area contributed by atoms with Gasteiger partial charge in [0.25, 0.3) is 5.56 Å². The summed E-state index contributed by atoms with van der Waals surface area (Å²) in [6.07, 6.45) is 14.0. The van der Waals surface area contributed by atoms with Crippen molar-refractivity contribution in [3.8, 4) is 0 Å². The maximum Gasteiger partial charge on any atom is 0.306 e.